The summed E-state index contributed by atoms with van der Waals surface area (Å²) in [6.45, 7) is 0. The highest BCUT2D eigenvalue weighted by atomic mass is 32.1. The Balaban J connectivity index is 2.57. The fourth-order valence-electron chi connectivity index (χ4n) is 0.923. The molecule has 5 nitrogen and oxygen atoms in total. The summed E-state index contributed by atoms with van der Waals surface area (Å²) in [5.74, 6) is 0.458. The molecule has 0 unspecified atom stereocenters. The monoisotopic (exact) mass is 182 g/mol. The molecule has 2 rings (SSSR count). The Kier molecular flexibility index (Phi) is 1.54. The first-order valence-corrected chi connectivity index (χ1v) is 3.72. The van der Waals surface area contributed by atoms with Gasteiger partial charge in [-0.3, -0.25) is 4.68 Å². The molecule has 0 atom stereocenters. The van der Waals surface area contributed by atoms with Crippen LogP contribution in [0.2, 0.25) is 0 Å². The molecule has 0 radical (unpaired) electrons. The molecule has 0 spiro atoms. The normalized spacial score (nSPS) is 10.4. The van der Waals surface area contributed by atoms with Crippen LogP contribution >= 0.6 is 12.2 Å². The number of H-pyrrole nitrogens is 1. The number of rotatable bonds is 1. The zero-order chi connectivity index (χ0) is 8.55. The predicted octanol–water partition coefficient (Wildman–Crippen LogP) is 1.13. The fourth-order valence-corrected chi connectivity index (χ4v) is 1.05. The smallest absolute Gasteiger partial charge is 0.284 e. The minimum Gasteiger partial charge on any atom is -0.408 e. The summed E-state index contributed by atoms with van der Waals surface area (Å²) < 4.78 is 6.76. The molecule has 0 aliphatic rings. The summed E-state index contributed by atoms with van der Waals surface area (Å²) in [6.07, 6.45) is 1.67. The third kappa shape index (κ3) is 1.06. The third-order valence-corrected chi connectivity index (χ3v) is 1.65. The molecule has 0 aromatic carbocycles. The number of aromatic nitrogens is 4. The van der Waals surface area contributed by atoms with Crippen LogP contribution in [0.25, 0.3) is 11.6 Å². The van der Waals surface area contributed by atoms with Gasteiger partial charge in [0.1, 0.15) is 5.69 Å². The van der Waals surface area contributed by atoms with E-state index in [9.17, 15) is 0 Å². The molecule has 0 fully saturated rings. The first kappa shape index (κ1) is 7.23. The van der Waals surface area contributed by atoms with E-state index in [0.717, 1.165) is 5.69 Å². The van der Waals surface area contributed by atoms with Crippen molar-refractivity contribution in [2.45, 2.75) is 0 Å². The van der Waals surface area contributed by atoms with Crippen LogP contribution in [0.4, 0.5) is 0 Å². The maximum atomic E-state index is 5.10. The summed E-state index contributed by atoms with van der Waals surface area (Å²) in [5.41, 5.74) is 0.794. The van der Waals surface area contributed by atoms with E-state index in [0.29, 0.717) is 5.89 Å². The van der Waals surface area contributed by atoms with Crippen molar-refractivity contribution in [3.63, 3.8) is 0 Å². The second kappa shape index (κ2) is 2.56. The van der Waals surface area contributed by atoms with E-state index in [1.54, 1.807) is 16.9 Å². The maximum absolute atomic E-state index is 5.10. The molecular formula is C6H6N4OS. The fraction of sp³-hybridized carbons (Fsp3) is 0.167. The number of nitrogens with zero attached hydrogens (tertiary/aromatic N) is 3. The Labute approximate surface area is 73.0 Å². The highest BCUT2D eigenvalue weighted by Crippen LogP contribution is 2.13. The van der Waals surface area contributed by atoms with E-state index in [1.165, 1.54) is 0 Å². The molecule has 62 valence electrons. The second-order valence-electron chi connectivity index (χ2n) is 2.26. The van der Waals surface area contributed by atoms with Crippen LogP contribution in [0.3, 0.4) is 0 Å². The molecule has 2 heterocycles. The SMILES string of the molecule is Cn1nccc1-c1n[nH]c(=S)o1. The van der Waals surface area contributed by atoms with Gasteiger partial charge in [-0.05, 0) is 18.3 Å². The Morgan fingerprint density at radius 3 is 3.00 bits per heavy atom. The summed E-state index contributed by atoms with van der Waals surface area (Å²) in [7, 11) is 1.81. The van der Waals surface area contributed by atoms with Crippen LogP contribution in [0.5, 0.6) is 0 Å². The molecule has 0 amide bonds. The van der Waals surface area contributed by atoms with Gasteiger partial charge in [0.2, 0.25) is 0 Å². The third-order valence-electron chi connectivity index (χ3n) is 1.48. The van der Waals surface area contributed by atoms with Gasteiger partial charge in [0.15, 0.2) is 0 Å². The second-order valence-corrected chi connectivity index (χ2v) is 2.63. The van der Waals surface area contributed by atoms with Crippen molar-refractivity contribution in [2.24, 2.45) is 7.05 Å². The van der Waals surface area contributed by atoms with Crippen molar-refractivity contribution in [3.05, 3.63) is 17.1 Å². The molecule has 0 saturated carbocycles. The van der Waals surface area contributed by atoms with Crippen molar-refractivity contribution < 1.29 is 4.42 Å². The summed E-state index contributed by atoms with van der Waals surface area (Å²) in [6, 6.07) is 1.80. The van der Waals surface area contributed by atoms with Gasteiger partial charge in [-0.1, -0.05) is 0 Å². The lowest BCUT2D eigenvalue weighted by Gasteiger charge is -1.92. The Morgan fingerprint density at radius 1 is 1.67 bits per heavy atom. The van der Waals surface area contributed by atoms with E-state index < -0.39 is 0 Å². The Hall–Kier alpha value is -1.43. The molecule has 0 aliphatic carbocycles. The van der Waals surface area contributed by atoms with Crippen LogP contribution in [-0.2, 0) is 7.05 Å². The molecule has 12 heavy (non-hydrogen) atoms. The van der Waals surface area contributed by atoms with Crippen molar-refractivity contribution in [2.75, 3.05) is 0 Å². The van der Waals surface area contributed by atoms with Crippen LogP contribution in [0, 0.1) is 4.84 Å². The van der Waals surface area contributed by atoms with Crippen molar-refractivity contribution >= 4 is 12.2 Å². The molecule has 0 aliphatic heterocycles. The van der Waals surface area contributed by atoms with Gasteiger partial charge in [0.05, 0.1) is 0 Å². The number of nitrogens with one attached hydrogen (secondary N) is 1. The van der Waals surface area contributed by atoms with Gasteiger partial charge in [-0.2, -0.15) is 5.10 Å². The molecule has 1 N–H and O–H groups in total. The summed E-state index contributed by atoms with van der Waals surface area (Å²) in [5, 5.41) is 10.4. The lowest BCUT2D eigenvalue weighted by Crippen LogP contribution is -1.92. The average molecular weight is 182 g/mol. The van der Waals surface area contributed by atoms with E-state index in [4.69, 9.17) is 16.6 Å². The van der Waals surface area contributed by atoms with Crippen LogP contribution in [-0.4, -0.2) is 20.0 Å². The first-order valence-electron chi connectivity index (χ1n) is 3.31. The first-order chi connectivity index (χ1) is 5.77. The van der Waals surface area contributed by atoms with Gasteiger partial charge < -0.3 is 4.42 Å². The van der Waals surface area contributed by atoms with Gasteiger partial charge in [0, 0.05) is 13.2 Å². The van der Waals surface area contributed by atoms with Crippen LogP contribution in [0.15, 0.2) is 16.7 Å². The van der Waals surface area contributed by atoms with Gasteiger partial charge >= 0.3 is 0 Å². The summed E-state index contributed by atoms with van der Waals surface area (Å²) in [4.78, 5) is 0.270. The lowest BCUT2D eigenvalue weighted by molar-refractivity contribution is 0.544. The van der Waals surface area contributed by atoms with E-state index in [-0.39, 0.29) is 4.84 Å². The van der Waals surface area contributed by atoms with Gasteiger partial charge in [-0.15, -0.1) is 5.10 Å². The van der Waals surface area contributed by atoms with E-state index >= 15 is 0 Å². The molecule has 2 aromatic rings. The minimum atomic E-state index is 0.270. The largest absolute Gasteiger partial charge is 0.408 e. The standard InChI is InChI=1S/C6H6N4OS/c1-10-4(2-3-7-10)5-8-9-6(12)11-5/h2-3H,1H3,(H,9,12). The number of aryl methyl sites for hydroxylation is 1. The Morgan fingerprint density at radius 2 is 2.50 bits per heavy atom. The van der Waals surface area contributed by atoms with Gasteiger partial charge in [-0.25, -0.2) is 5.10 Å². The highest BCUT2D eigenvalue weighted by Gasteiger charge is 2.06. The Bertz CT molecular complexity index is 440. The van der Waals surface area contributed by atoms with Crippen LogP contribution in [0.1, 0.15) is 0 Å². The molecule has 2 aromatic heterocycles. The topological polar surface area (TPSA) is 59.6 Å². The van der Waals surface area contributed by atoms with Gasteiger partial charge in [0.25, 0.3) is 10.7 Å². The van der Waals surface area contributed by atoms with E-state index in [1.807, 2.05) is 7.05 Å². The lowest BCUT2D eigenvalue weighted by atomic mass is 10.4. The molecular weight excluding hydrogens is 176 g/mol. The summed E-state index contributed by atoms with van der Waals surface area (Å²) >= 11 is 4.74. The molecule has 0 saturated heterocycles. The zero-order valence-electron chi connectivity index (χ0n) is 6.31. The van der Waals surface area contributed by atoms with Crippen molar-refractivity contribution in [3.8, 4) is 11.6 Å². The minimum absolute atomic E-state index is 0.270. The van der Waals surface area contributed by atoms with Crippen molar-refractivity contribution in [1.29, 1.82) is 0 Å². The van der Waals surface area contributed by atoms with E-state index in [2.05, 4.69) is 15.3 Å². The average Bonchev–Trinajstić information content (AvgIpc) is 2.58. The molecule has 6 heteroatoms. The number of hydrogen-bond donors (Lipinski definition) is 1. The van der Waals surface area contributed by atoms with Crippen LogP contribution < -0.4 is 0 Å². The number of aromatic amines is 1. The maximum Gasteiger partial charge on any atom is 0.284 e. The van der Waals surface area contributed by atoms with Crippen molar-refractivity contribution in [1.82, 2.24) is 20.0 Å². The quantitative estimate of drug-likeness (QED) is 0.672. The zero-order valence-corrected chi connectivity index (χ0v) is 7.13. The predicted molar refractivity (Wildman–Crippen MR) is 43.9 cm³/mol. The molecule has 0 bridgehead atoms. The number of hydrogen-bond acceptors (Lipinski definition) is 4. The highest BCUT2D eigenvalue weighted by molar-refractivity contribution is 7.71.